The Labute approximate surface area is 250 Å². The number of carbonyl (C=O) groups excluding carboxylic acids is 1. The van der Waals surface area contributed by atoms with E-state index in [1.807, 2.05) is 48.5 Å². The van der Waals surface area contributed by atoms with Gasteiger partial charge in [-0.05, 0) is 83.3 Å². The van der Waals surface area contributed by atoms with E-state index in [2.05, 4.69) is 62.4 Å². The molecule has 0 fully saturated rings. The number of aryl methyl sites for hydroxylation is 2. The summed E-state index contributed by atoms with van der Waals surface area (Å²) < 4.78 is 10.9. The number of allylic oxidation sites excluding steroid dienone is 4. The number of rotatable bonds is 12. The summed E-state index contributed by atoms with van der Waals surface area (Å²) in [4.78, 5) is 14.6. The van der Waals surface area contributed by atoms with Crippen molar-refractivity contribution in [2.45, 2.75) is 52.4 Å². The first-order valence-electron chi connectivity index (χ1n) is 15.1. The first-order valence-corrected chi connectivity index (χ1v) is 15.1. The molecule has 3 heteroatoms. The predicted molar refractivity (Wildman–Crippen MR) is 175 cm³/mol. The molecular formula is C39H40O3. The maximum absolute atomic E-state index is 14.6. The highest BCUT2D eigenvalue weighted by molar-refractivity contribution is 6.59. The maximum atomic E-state index is 14.6. The molecule has 0 unspecified atom stereocenters. The standard InChI is InChI=1S/C39H40O3/c1-5-7-9-27-11-15-29(16-12-27)35-36(30-17-13-28(14-18-30)10-8-6-2)38(32-21-25-34(42-4)26-22-32)39(40)37(35)31-19-23-33(41-3)24-20-31/h11-26H,5-10H2,1-4H3. The number of unbranched alkanes of at least 4 members (excludes halogenated alkanes) is 2. The highest BCUT2D eigenvalue weighted by atomic mass is 16.5. The number of hydrogen-bond acceptors (Lipinski definition) is 3. The number of benzene rings is 4. The van der Waals surface area contributed by atoms with E-state index in [9.17, 15) is 4.79 Å². The third kappa shape index (κ3) is 6.11. The summed E-state index contributed by atoms with van der Waals surface area (Å²) in [5.74, 6) is 1.55. The molecule has 0 N–H and O–H groups in total. The molecule has 0 saturated carbocycles. The van der Waals surface area contributed by atoms with E-state index in [0.717, 1.165) is 94.6 Å². The SMILES string of the molecule is CCCCc1ccc(C2=C(c3ccc(OC)cc3)C(=O)C(c3ccc(OC)cc3)=C2c2ccc(CCCC)cc2)cc1. The molecule has 3 nitrogen and oxygen atoms in total. The van der Waals surface area contributed by atoms with Gasteiger partial charge >= 0.3 is 0 Å². The van der Waals surface area contributed by atoms with Gasteiger partial charge in [-0.25, -0.2) is 0 Å². The van der Waals surface area contributed by atoms with Crippen LogP contribution in [0.4, 0.5) is 0 Å². The fourth-order valence-corrected chi connectivity index (χ4v) is 5.68. The van der Waals surface area contributed by atoms with Crippen LogP contribution < -0.4 is 9.47 Å². The smallest absolute Gasteiger partial charge is 0.195 e. The van der Waals surface area contributed by atoms with Gasteiger partial charge in [-0.15, -0.1) is 0 Å². The Hall–Kier alpha value is -4.37. The molecule has 42 heavy (non-hydrogen) atoms. The van der Waals surface area contributed by atoms with Crippen molar-refractivity contribution in [2.24, 2.45) is 0 Å². The molecule has 0 heterocycles. The summed E-state index contributed by atoms with van der Waals surface area (Å²) in [5.41, 5.74) is 9.86. The topological polar surface area (TPSA) is 35.5 Å². The zero-order chi connectivity index (χ0) is 29.5. The second kappa shape index (κ2) is 13.5. The van der Waals surface area contributed by atoms with Crippen molar-refractivity contribution in [3.05, 3.63) is 130 Å². The lowest BCUT2D eigenvalue weighted by molar-refractivity contribution is -0.108. The van der Waals surface area contributed by atoms with Crippen molar-refractivity contribution in [2.75, 3.05) is 14.2 Å². The van der Waals surface area contributed by atoms with E-state index in [-0.39, 0.29) is 5.78 Å². The van der Waals surface area contributed by atoms with Gasteiger partial charge in [0, 0.05) is 22.3 Å². The monoisotopic (exact) mass is 556 g/mol. The number of ketones is 1. The van der Waals surface area contributed by atoms with E-state index < -0.39 is 0 Å². The van der Waals surface area contributed by atoms with Crippen molar-refractivity contribution in [3.63, 3.8) is 0 Å². The van der Waals surface area contributed by atoms with Crippen molar-refractivity contribution >= 4 is 28.1 Å². The van der Waals surface area contributed by atoms with Crippen molar-refractivity contribution in [1.29, 1.82) is 0 Å². The largest absolute Gasteiger partial charge is 0.497 e. The molecule has 0 bridgehead atoms. The molecule has 1 aliphatic rings. The van der Waals surface area contributed by atoms with Gasteiger partial charge in [-0.1, -0.05) is 99.5 Å². The third-order valence-electron chi connectivity index (χ3n) is 8.08. The van der Waals surface area contributed by atoms with E-state index in [1.54, 1.807) is 14.2 Å². The molecule has 0 spiro atoms. The average Bonchev–Trinajstić information content (AvgIpc) is 3.35. The first kappa shape index (κ1) is 29.1. The van der Waals surface area contributed by atoms with Crippen LogP contribution in [-0.2, 0) is 17.6 Å². The lowest BCUT2D eigenvalue weighted by atomic mass is 9.88. The van der Waals surface area contributed by atoms with Crippen LogP contribution in [0, 0.1) is 0 Å². The molecule has 4 aromatic rings. The van der Waals surface area contributed by atoms with Crippen LogP contribution in [-0.4, -0.2) is 20.0 Å². The van der Waals surface area contributed by atoms with Gasteiger partial charge in [0.2, 0.25) is 0 Å². The zero-order valence-corrected chi connectivity index (χ0v) is 25.2. The summed E-state index contributed by atoms with van der Waals surface area (Å²) in [7, 11) is 3.32. The molecule has 0 radical (unpaired) electrons. The number of hydrogen-bond donors (Lipinski definition) is 0. The summed E-state index contributed by atoms with van der Waals surface area (Å²) in [6.45, 7) is 4.44. The quantitative estimate of drug-likeness (QED) is 0.174. The Kier molecular flexibility index (Phi) is 9.38. The Morgan fingerprint density at radius 3 is 1.07 bits per heavy atom. The molecule has 5 rings (SSSR count). The Bertz CT molecular complexity index is 1450. The fourth-order valence-electron chi connectivity index (χ4n) is 5.68. The van der Waals surface area contributed by atoms with Gasteiger partial charge in [0.05, 0.1) is 14.2 Å². The van der Waals surface area contributed by atoms with Gasteiger partial charge in [-0.2, -0.15) is 0 Å². The lowest BCUT2D eigenvalue weighted by Crippen LogP contribution is -2.02. The van der Waals surface area contributed by atoms with Crippen molar-refractivity contribution < 1.29 is 14.3 Å². The highest BCUT2D eigenvalue weighted by Crippen LogP contribution is 2.50. The summed E-state index contributed by atoms with van der Waals surface area (Å²) in [5, 5.41) is 0. The highest BCUT2D eigenvalue weighted by Gasteiger charge is 2.35. The zero-order valence-electron chi connectivity index (χ0n) is 25.2. The average molecular weight is 557 g/mol. The van der Waals surface area contributed by atoms with Crippen LogP contribution >= 0.6 is 0 Å². The van der Waals surface area contributed by atoms with E-state index in [0.29, 0.717) is 0 Å². The molecule has 0 amide bonds. The van der Waals surface area contributed by atoms with Crippen LogP contribution in [0.5, 0.6) is 11.5 Å². The summed E-state index contributed by atoms with van der Waals surface area (Å²) in [6.07, 6.45) is 6.76. The Balaban J connectivity index is 1.74. The summed E-state index contributed by atoms with van der Waals surface area (Å²) in [6, 6.07) is 33.3. The van der Waals surface area contributed by atoms with Gasteiger partial charge < -0.3 is 9.47 Å². The van der Waals surface area contributed by atoms with Crippen molar-refractivity contribution in [3.8, 4) is 11.5 Å². The minimum absolute atomic E-state index is 0.0282. The molecule has 4 aromatic carbocycles. The first-order chi connectivity index (χ1) is 20.6. The predicted octanol–water partition coefficient (Wildman–Crippen LogP) is 9.49. The second-order valence-corrected chi connectivity index (χ2v) is 10.9. The lowest BCUT2D eigenvalue weighted by Gasteiger charge is -2.15. The Morgan fingerprint density at radius 1 is 0.452 bits per heavy atom. The van der Waals surface area contributed by atoms with Crippen LogP contribution in [0.1, 0.15) is 72.9 Å². The minimum Gasteiger partial charge on any atom is -0.497 e. The van der Waals surface area contributed by atoms with Gasteiger partial charge in [-0.3, -0.25) is 4.79 Å². The van der Waals surface area contributed by atoms with Gasteiger partial charge in [0.25, 0.3) is 0 Å². The molecule has 214 valence electrons. The maximum Gasteiger partial charge on any atom is 0.195 e. The van der Waals surface area contributed by atoms with Crippen molar-refractivity contribution in [1.82, 2.24) is 0 Å². The number of ether oxygens (including phenoxy) is 2. The van der Waals surface area contributed by atoms with Gasteiger partial charge in [0.15, 0.2) is 5.78 Å². The van der Waals surface area contributed by atoms with Gasteiger partial charge in [0.1, 0.15) is 11.5 Å². The molecular weight excluding hydrogens is 516 g/mol. The third-order valence-corrected chi connectivity index (χ3v) is 8.08. The number of carbonyl (C=O) groups is 1. The fraction of sp³-hybridized carbons (Fsp3) is 0.256. The second-order valence-electron chi connectivity index (χ2n) is 10.9. The van der Waals surface area contributed by atoms with Crippen LogP contribution in [0.25, 0.3) is 22.3 Å². The van der Waals surface area contributed by atoms with E-state index >= 15 is 0 Å². The van der Waals surface area contributed by atoms with E-state index in [4.69, 9.17) is 9.47 Å². The molecule has 0 aromatic heterocycles. The summed E-state index contributed by atoms with van der Waals surface area (Å²) >= 11 is 0. The normalized spacial score (nSPS) is 13.2. The van der Waals surface area contributed by atoms with Crippen LogP contribution in [0.2, 0.25) is 0 Å². The molecule has 1 aliphatic carbocycles. The van der Waals surface area contributed by atoms with Crippen LogP contribution in [0.15, 0.2) is 97.1 Å². The minimum atomic E-state index is 0.0282. The van der Waals surface area contributed by atoms with E-state index in [1.165, 1.54) is 11.1 Å². The van der Waals surface area contributed by atoms with Crippen LogP contribution in [0.3, 0.4) is 0 Å². The molecule has 0 aliphatic heterocycles. The number of methoxy groups -OCH3 is 2. The molecule has 0 saturated heterocycles. The molecule has 0 atom stereocenters. The number of Topliss-reactive ketones (excluding diaryl/α,β-unsaturated/α-hetero) is 1. The Morgan fingerprint density at radius 2 is 0.762 bits per heavy atom.